The first-order valence-electron chi connectivity index (χ1n) is 7.18. The molecule has 0 heterocycles. The lowest BCUT2D eigenvalue weighted by molar-refractivity contribution is 0.472. The van der Waals surface area contributed by atoms with Crippen molar-refractivity contribution in [2.24, 2.45) is 0 Å². The van der Waals surface area contributed by atoms with E-state index in [-0.39, 0.29) is 0 Å². The maximum atomic E-state index is 5.95. The van der Waals surface area contributed by atoms with Crippen LogP contribution < -0.4 is 4.74 Å². The van der Waals surface area contributed by atoms with Gasteiger partial charge in [0.1, 0.15) is 11.5 Å². The highest BCUT2D eigenvalue weighted by molar-refractivity contribution is 7.80. The maximum absolute atomic E-state index is 5.95. The maximum Gasteiger partial charge on any atom is 0.141 e. The van der Waals surface area contributed by atoms with Gasteiger partial charge in [0.25, 0.3) is 0 Å². The molecular formula is C20H14OS. The summed E-state index contributed by atoms with van der Waals surface area (Å²) in [4.78, 5) is 0.839. The Morgan fingerprint density at radius 1 is 0.591 bits per heavy atom. The van der Waals surface area contributed by atoms with Gasteiger partial charge in [0.15, 0.2) is 0 Å². The fourth-order valence-electron chi connectivity index (χ4n) is 2.66. The Labute approximate surface area is 134 Å². The third-order valence-electron chi connectivity index (χ3n) is 3.75. The third-order valence-corrected chi connectivity index (χ3v) is 4.10. The number of para-hydroxylation sites is 1. The Hall–Kier alpha value is -2.45. The molecule has 0 amide bonds. The fraction of sp³-hybridized carbons (Fsp3) is 0. The molecule has 4 aromatic rings. The van der Waals surface area contributed by atoms with E-state index in [1.807, 2.05) is 30.3 Å². The number of hydrogen-bond donors (Lipinski definition) is 1. The number of fused-ring (bicyclic) bond motifs is 2. The molecule has 0 aliphatic rings. The molecule has 0 saturated carbocycles. The second-order valence-electron chi connectivity index (χ2n) is 5.28. The van der Waals surface area contributed by atoms with Crippen molar-refractivity contribution in [1.29, 1.82) is 0 Å². The molecule has 0 atom stereocenters. The van der Waals surface area contributed by atoms with E-state index in [4.69, 9.17) is 4.74 Å². The van der Waals surface area contributed by atoms with E-state index in [9.17, 15) is 0 Å². The Kier molecular flexibility index (Phi) is 3.24. The van der Waals surface area contributed by atoms with Gasteiger partial charge >= 0.3 is 0 Å². The normalized spacial score (nSPS) is 11.0. The molecule has 0 fully saturated rings. The molecule has 1 nitrogen and oxygen atoms in total. The molecule has 22 heavy (non-hydrogen) atoms. The largest absolute Gasteiger partial charge is 0.456 e. The molecule has 4 rings (SSSR count). The predicted octanol–water partition coefficient (Wildman–Crippen LogP) is 6.07. The van der Waals surface area contributed by atoms with Crippen LogP contribution in [0.2, 0.25) is 0 Å². The van der Waals surface area contributed by atoms with Gasteiger partial charge in [-0.1, -0.05) is 42.5 Å². The van der Waals surface area contributed by atoms with Gasteiger partial charge in [-0.25, -0.2) is 0 Å². The first-order valence-corrected chi connectivity index (χ1v) is 7.63. The fourth-order valence-corrected chi connectivity index (χ4v) is 2.91. The average molecular weight is 302 g/mol. The van der Waals surface area contributed by atoms with Crippen molar-refractivity contribution >= 4 is 34.2 Å². The minimum Gasteiger partial charge on any atom is -0.456 e. The van der Waals surface area contributed by atoms with Crippen LogP contribution in [0.3, 0.4) is 0 Å². The zero-order chi connectivity index (χ0) is 14.9. The van der Waals surface area contributed by atoms with Crippen LogP contribution in [0.1, 0.15) is 0 Å². The summed E-state index contributed by atoms with van der Waals surface area (Å²) in [6.07, 6.45) is 0. The van der Waals surface area contributed by atoms with Crippen LogP contribution in [0.5, 0.6) is 11.5 Å². The standard InChI is InChI=1S/C20H14OS/c22-20-13-17-11-15-7-5-4-6-14(15)10-16(17)12-19(20)21-18-8-2-1-3-9-18/h1-13,22H. The van der Waals surface area contributed by atoms with E-state index in [1.165, 1.54) is 16.2 Å². The minimum absolute atomic E-state index is 0.775. The molecule has 0 spiro atoms. The summed E-state index contributed by atoms with van der Waals surface area (Å²) in [7, 11) is 0. The Balaban J connectivity index is 1.86. The lowest BCUT2D eigenvalue weighted by atomic mass is 10.0. The molecule has 4 aromatic carbocycles. The zero-order valence-electron chi connectivity index (χ0n) is 11.9. The highest BCUT2D eigenvalue weighted by Crippen LogP contribution is 2.34. The molecule has 2 heteroatoms. The predicted molar refractivity (Wildman–Crippen MR) is 95.2 cm³/mol. The van der Waals surface area contributed by atoms with Gasteiger partial charge in [0, 0.05) is 4.90 Å². The quantitative estimate of drug-likeness (QED) is 0.349. The Morgan fingerprint density at radius 3 is 1.86 bits per heavy atom. The van der Waals surface area contributed by atoms with Crippen LogP contribution >= 0.6 is 12.6 Å². The van der Waals surface area contributed by atoms with Crippen LogP contribution in [0.15, 0.2) is 83.8 Å². The molecule has 106 valence electrons. The molecular weight excluding hydrogens is 288 g/mol. The van der Waals surface area contributed by atoms with E-state index in [2.05, 4.69) is 61.2 Å². The summed E-state index contributed by atoms with van der Waals surface area (Å²) < 4.78 is 5.95. The van der Waals surface area contributed by atoms with Gasteiger partial charge in [-0.3, -0.25) is 0 Å². The second kappa shape index (κ2) is 5.39. The van der Waals surface area contributed by atoms with Gasteiger partial charge in [-0.15, -0.1) is 12.6 Å². The molecule has 0 N–H and O–H groups in total. The van der Waals surface area contributed by atoms with Crippen molar-refractivity contribution in [3.05, 3.63) is 78.9 Å². The monoisotopic (exact) mass is 302 g/mol. The van der Waals surface area contributed by atoms with Gasteiger partial charge < -0.3 is 4.74 Å². The number of thiol groups is 1. The minimum atomic E-state index is 0.775. The smallest absolute Gasteiger partial charge is 0.141 e. The summed E-state index contributed by atoms with van der Waals surface area (Å²) in [6.45, 7) is 0. The zero-order valence-corrected chi connectivity index (χ0v) is 12.8. The molecule has 0 saturated heterocycles. The first kappa shape index (κ1) is 13.2. The van der Waals surface area contributed by atoms with Gasteiger partial charge in [-0.2, -0.15) is 0 Å². The third kappa shape index (κ3) is 2.42. The van der Waals surface area contributed by atoms with Crippen LogP contribution in [-0.4, -0.2) is 0 Å². The Morgan fingerprint density at radius 2 is 1.18 bits per heavy atom. The number of ether oxygens (including phenoxy) is 1. The van der Waals surface area contributed by atoms with Crippen LogP contribution in [0, 0.1) is 0 Å². The summed E-state index contributed by atoms with van der Waals surface area (Å²) >= 11 is 4.57. The van der Waals surface area contributed by atoms with Gasteiger partial charge in [0.05, 0.1) is 0 Å². The number of hydrogen-bond acceptors (Lipinski definition) is 2. The van der Waals surface area contributed by atoms with Crippen molar-refractivity contribution in [2.45, 2.75) is 4.90 Å². The molecule has 0 unspecified atom stereocenters. The second-order valence-corrected chi connectivity index (χ2v) is 5.76. The van der Waals surface area contributed by atoms with Crippen LogP contribution in [-0.2, 0) is 0 Å². The highest BCUT2D eigenvalue weighted by Gasteiger charge is 2.06. The summed E-state index contributed by atoms with van der Waals surface area (Å²) in [5.41, 5.74) is 0. The SMILES string of the molecule is Sc1cc2cc3ccccc3cc2cc1Oc1ccccc1. The van der Waals surface area contributed by atoms with E-state index in [1.54, 1.807) is 0 Å². The van der Waals surface area contributed by atoms with Crippen molar-refractivity contribution in [3.63, 3.8) is 0 Å². The molecule has 0 aliphatic heterocycles. The lowest BCUT2D eigenvalue weighted by Crippen LogP contribution is -1.86. The van der Waals surface area contributed by atoms with Gasteiger partial charge in [-0.05, 0) is 57.9 Å². The van der Waals surface area contributed by atoms with Crippen molar-refractivity contribution < 1.29 is 4.74 Å². The topological polar surface area (TPSA) is 9.23 Å². The van der Waals surface area contributed by atoms with Crippen LogP contribution in [0.4, 0.5) is 0 Å². The summed E-state index contributed by atoms with van der Waals surface area (Å²) in [5, 5.41) is 4.79. The van der Waals surface area contributed by atoms with Crippen LogP contribution in [0.25, 0.3) is 21.5 Å². The molecule has 0 radical (unpaired) electrons. The first-order chi connectivity index (χ1) is 10.8. The number of rotatable bonds is 2. The molecule has 0 bridgehead atoms. The van der Waals surface area contributed by atoms with E-state index in [0.29, 0.717) is 0 Å². The number of benzene rings is 4. The van der Waals surface area contributed by atoms with Crippen molar-refractivity contribution in [3.8, 4) is 11.5 Å². The van der Waals surface area contributed by atoms with E-state index >= 15 is 0 Å². The van der Waals surface area contributed by atoms with Crippen molar-refractivity contribution in [1.82, 2.24) is 0 Å². The molecule has 0 aliphatic carbocycles. The Bertz CT molecular complexity index is 961. The van der Waals surface area contributed by atoms with Gasteiger partial charge in [0.2, 0.25) is 0 Å². The highest BCUT2D eigenvalue weighted by atomic mass is 32.1. The van der Waals surface area contributed by atoms with E-state index in [0.717, 1.165) is 21.8 Å². The summed E-state index contributed by atoms with van der Waals surface area (Å²) in [6, 6.07) is 26.6. The average Bonchev–Trinajstić information content (AvgIpc) is 2.55. The summed E-state index contributed by atoms with van der Waals surface area (Å²) in [5.74, 6) is 1.59. The van der Waals surface area contributed by atoms with E-state index < -0.39 is 0 Å². The lowest BCUT2D eigenvalue weighted by Gasteiger charge is -2.10. The van der Waals surface area contributed by atoms with Crippen molar-refractivity contribution in [2.75, 3.05) is 0 Å². The molecule has 0 aromatic heterocycles.